The molecule has 1 atom stereocenters. The van der Waals surface area contributed by atoms with Crippen molar-refractivity contribution in [2.24, 2.45) is 0 Å². The normalized spacial score (nSPS) is 23.8. The monoisotopic (exact) mass is 205 g/mol. The van der Waals surface area contributed by atoms with E-state index in [2.05, 4.69) is 5.32 Å². The van der Waals surface area contributed by atoms with Crippen molar-refractivity contribution >= 4 is 11.6 Å². The van der Waals surface area contributed by atoms with Gasteiger partial charge in [0.1, 0.15) is 0 Å². The quantitative estimate of drug-likeness (QED) is 0.803. The van der Waals surface area contributed by atoms with Gasteiger partial charge >= 0.3 is 0 Å². The van der Waals surface area contributed by atoms with Gasteiger partial charge in [0.15, 0.2) is 5.60 Å². The van der Waals surface area contributed by atoms with Crippen LogP contribution in [0.15, 0.2) is 18.2 Å². The van der Waals surface area contributed by atoms with Crippen LogP contribution in [0.5, 0.6) is 0 Å². The van der Waals surface area contributed by atoms with Crippen molar-refractivity contribution in [2.75, 3.05) is 11.9 Å². The number of hydrogen-bond acceptors (Lipinski definition) is 2. The molecule has 1 heterocycles. The molecular formula is C12H15NO2. The van der Waals surface area contributed by atoms with Gasteiger partial charge in [-0.25, -0.2) is 0 Å². The predicted octanol–water partition coefficient (Wildman–Crippen LogP) is 2.20. The lowest BCUT2D eigenvalue weighted by Gasteiger charge is -2.22. The Bertz CT molecular complexity index is 414. The van der Waals surface area contributed by atoms with Crippen LogP contribution >= 0.6 is 0 Å². The van der Waals surface area contributed by atoms with E-state index in [0.29, 0.717) is 6.61 Å². The molecule has 0 bridgehead atoms. The third kappa shape index (κ3) is 1.43. The summed E-state index contributed by atoms with van der Waals surface area (Å²) in [4.78, 5) is 11.8. The minimum absolute atomic E-state index is 0.0787. The Morgan fingerprint density at radius 1 is 1.47 bits per heavy atom. The zero-order valence-corrected chi connectivity index (χ0v) is 9.26. The highest BCUT2D eigenvalue weighted by atomic mass is 16.5. The zero-order valence-electron chi connectivity index (χ0n) is 9.26. The molecule has 1 amide bonds. The Balaban J connectivity index is 2.52. The van der Waals surface area contributed by atoms with Crippen LogP contribution < -0.4 is 5.32 Å². The summed E-state index contributed by atoms with van der Waals surface area (Å²) in [5, 5.41) is 2.84. The lowest BCUT2D eigenvalue weighted by Crippen LogP contribution is -2.34. The molecule has 1 aliphatic heterocycles. The lowest BCUT2D eigenvalue weighted by atomic mass is 9.96. The van der Waals surface area contributed by atoms with Gasteiger partial charge in [0.05, 0.1) is 0 Å². The molecule has 2 rings (SSSR count). The second-order valence-electron chi connectivity index (χ2n) is 3.97. The van der Waals surface area contributed by atoms with Crippen molar-refractivity contribution in [3.63, 3.8) is 0 Å². The molecular weight excluding hydrogens is 190 g/mol. The molecule has 1 aromatic rings. The number of ether oxygens (including phenoxy) is 1. The zero-order chi connectivity index (χ0) is 11.1. The standard InChI is InChI=1S/C12H15NO2/c1-4-15-12(3)9-7-8(2)5-6-10(9)13-11(12)14/h5-7H,4H2,1-3H3,(H,13,14). The SMILES string of the molecule is CCOC1(C)C(=O)Nc2ccc(C)cc21. The van der Waals surface area contributed by atoms with Crippen LogP contribution in [-0.2, 0) is 15.1 Å². The number of nitrogens with one attached hydrogen (secondary N) is 1. The molecule has 0 radical (unpaired) electrons. The third-order valence-corrected chi connectivity index (χ3v) is 2.80. The van der Waals surface area contributed by atoms with E-state index >= 15 is 0 Å². The number of benzene rings is 1. The molecule has 3 heteroatoms. The summed E-state index contributed by atoms with van der Waals surface area (Å²) in [5.41, 5.74) is 2.11. The Labute approximate surface area is 89.4 Å². The minimum atomic E-state index is -0.823. The molecule has 1 unspecified atom stereocenters. The number of carbonyl (C=O) groups is 1. The molecule has 0 fully saturated rings. The molecule has 3 nitrogen and oxygen atoms in total. The van der Waals surface area contributed by atoms with Gasteiger partial charge in [-0.05, 0) is 26.8 Å². The number of amides is 1. The highest BCUT2D eigenvalue weighted by Crippen LogP contribution is 2.38. The second-order valence-corrected chi connectivity index (χ2v) is 3.97. The Hall–Kier alpha value is -1.35. The van der Waals surface area contributed by atoms with Crippen LogP contribution in [0.1, 0.15) is 25.0 Å². The van der Waals surface area contributed by atoms with Gasteiger partial charge in [-0.1, -0.05) is 17.7 Å². The maximum atomic E-state index is 11.8. The smallest absolute Gasteiger partial charge is 0.261 e. The van der Waals surface area contributed by atoms with E-state index in [4.69, 9.17) is 4.74 Å². The maximum absolute atomic E-state index is 11.8. The lowest BCUT2D eigenvalue weighted by molar-refractivity contribution is -0.138. The molecule has 0 aromatic heterocycles. The Kier molecular flexibility index (Phi) is 2.27. The average molecular weight is 205 g/mol. The summed E-state index contributed by atoms with van der Waals surface area (Å²) in [6.45, 7) is 6.25. The van der Waals surface area contributed by atoms with Crippen molar-refractivity contribution < 1.29 is 9.53 Å². The molecule has 0 saturated carbocycles. The van der Waals surface area contributed by atoms with E-state index in [1.807, 2.05) is 39.0 Å². The molecule has 80 valence electrons. The first-order chi connectivity index (χ1) is 7.08. The topological polar surface area (TPSA) is 38.3 Å². The van der Waals surface area contributed by atoms with Gasteiger partial charge in [0.25, 0.3) is 5.91 Å². The fraction of sp³-hybridized carbons (Fsp3) is 0.417. The van der Waals surface area contributed by atoms with Crippen LogP contribution in [0.4, 0.5) is 5.69 Å². The van der Waals surface area contributed by atoms with E-state index in [0.717, 1.165) is 16.8 Å². The molecule has 0 spiro atoms. The summed E-state index contributed by atoms with van der Waals surface area (Å²) < 4.78 is 5.57. The summed E-state index contributed by atoms with van der Waals surface area (Å²) in [5.74, 6) is -0.0787. The van der Waals surface area contributed by atoms with Gasteiger partial charge in [-0.15, -0.1) is 0 Å². The Morgan fingerprint density at radius 3 is 2.87 bits per heavy atom. The van der Waals surface area contributed by atoms with E-state index in [9.17, 15) is 4.79 Å². The van der Waals surface area contributed by atoms with Crippen molar-refractivity contribution in [1.82, 2.24) is 0 Å². The number of hydrogen-bond donors (Lipinski definition) is 1. The number of anilines is 1. The van der Waals surface area contributed by atoms with Gasteiger partial charge in [0, 0.05) is 17.9 Å². The van der Waals surface area contributed by atoms with Gasteiger partial charge in [-0.2, -0.15) is 0 Å². The fourth-order valence-corrected chi connectivity index (χ4v) is 1.96. The molecule has 15 heavy (non-hydrogen) atoms. The van der Waals surface area contributed by atoms with E-state index in [1.165, 1.54) is 0 Å². The predicted molar refractivity (Wildman–Crippen MR) is 58.8 cm³/mol. The first-order valence-corrected chi connectivity index (χ1v) is 5.14. The second kappa shape index (κ2) is 3.35. The molecule has 1 N–H and O–H groups in total. The Morgan fingerprint density at radius 2 is 2.20 bits per heavy atom. The third-order valence-electron chi connectivity index (χ3n) is 2.80. The summed E-state index contributed by atoms with van der Waals surface area (Å²) in [6.07, 6.45) is 0. The highest BCUT2D eigenvalue weighted by Gasteiger charge is 2.43. The first kappa shape index (κ1) is 10.2. The largest absolute Gasteiger partial charge is 0.361 e. The van der Waals surface area contributed by atoms with Crippen LogP contribution in [0.3, 0.4) is 0 Å². The van der Waals surface area contributed by atoms with Crippen LogP contribution in [0.25, 0.3) is 0 Å². The van der Waals surface area contributed by atoms with E-state index < -0.39 is 5.60 Å². The highest BCUT2D eigenvalue weighted by molar-refractivity contribution is 6.04. The number of rotatable bonds is 2. The number of aryl methyl sites for hydroxylation is 1. The van der Waals surface area contributed by atoms with E-state index in [1.54, 1.807) is 0 Å². The van der Waals surface area contributed by atoms with Gasteiger partial charge < -0.3 is 10.1 Å². The first-order valence-electron chi connectivity index (χ1n) is 5.14. The van der Waals surface area contributed by atoms with Crippen LogP contribution in [-0.4, -0.2) is 12.5 Å². The van der Waals surface area contributed by atoms with Crippen molar-refractivity contribution in [1.29, 1.82) is 0 Å². The van der Waals surface area contributed by atoms with Gasteiger partial charge in [-0.3, -0.25) is 4.79 Å². The number of carbonyl (C=O) groups excluding carboxylic acids is 1. The van der Waals surface area contributed by atoms with Crippen molar-refractivity contribution in [3.05, 3.63) is 29.3 Å². The number of fused-ring (bicyclic) bond motifs is 1. The van der Waals surface area contributed by atoms with Crippen molar-refractivity contribution in [2.45, 2.75) is 26.4 Å². The average Bonchev–Trinajstić information content (AvgIpc) is 2.42. The van der Waals surface area contributed by atoms with Gasteiger partial charge in [0.2, 0.25) is 0 Å². The molecule has 0 aliphatic carbocycles. The summed E-state index contributed by atoms with van der Waals surface area (Å²) in [7, 11) is 0. The van der Waals surface area contributed by atoms with Crippen LogP contribution in [0, 0.1) is 6.92 Å². The minimum Gasteiger partial charge on any atom is -0.361 e. The summed E-state index contributed by atoms with van der Waals surface area (Å²) >= 11 is 0. The van der Waals surface area contributed by atoms with Crippen LogP contribution in [0.2, 0.25) is 0 Å². The molecule has 0 saturated heterocycles. The fourth-order valence-electron chi connectivity index (χ4n) is 1.96. The molecule has 1 aliphatic rings. The maximum Gasteiger partial charge on any atom is 0.261 e. The van der Waals surface area contributed by atoms with E-state index in [-0.39, 0.29) is 5.91 Å². The van der Waals surface area contributed by atoms with Crippen molar-refractivity contribution in [3.8, 4) is 0 Å². The molecule has 1 aromatic carbocycles. The summed E-state index contributed by atoms with van der Waals surface area (Å²) in [6, 6.07) is 5.91.